The SMILES string of the molecule is Cc1cc(NC(=O)C2CCN(S(=O)(=O)c3c(C)noc3C)CC2)no1. The van der Waals surface area contributed by atoms with E-state index >= 15 is 0 Å². The minimum atomic E-state index is -3.67. The van der Waals surface area contributed by atoms with Crippen LogP contribution in [0.2, 0.25) is 0 Å². The van der Waals surface area contributed by atoms with E-state index in [1.807, 2.05) is 0 Å². The number of aryl methyl sites for hydroxylation is 3. The first-order valence-electron chi connectivity index (χ1n) is 7.96. The Morgan fingerprint density at radius 1 is 1.20 bits per heavy atom. The highest BCUT2D eigenvalue weighted by Gasteiger charge is 2.35. The quantitative estimate of drug-likeness (QED) is 0.871. The van der Waals surface area contributed by atoms with Crippen LogP contribution in [0.25, 0.3) is 0 Å². The monoisotopic (exact) mass is 368 g/mol. The summed E-state index contributed by atoms with van der Waals surface area (Å²) in [6, 6.07) is 1.63. The lowest BCUT2D eigenvalue weighted by molar-refractivity contribution is -0.120. The van der Waals surface area contributed by atoms with Gasteiger partial charge in [-0.2, -0.15) is 4.31 Å². The number of hydrogen-bond donors (Lipinski definition) is 1. The number of carbonyl (C=O) groups is 1. The van der Waals surface area contributed by atoms with E-state index in [1.165, 1.54) is 4.31 Å². The second-order valence-corrected chi connectivity index (χ2v) is 8.02. The molecule has 0 spiro atoms. The van der Waals surface area contributed by atoms with Crippen molar-refractivity contribution in [1.82, 2.24) is 14.6 Å². The smallest absolute Gasteiger partial charge is 0.248 e. The summed E-state index contributed by atoms with van der Waals surface area (Å²) in [7, 11) is -3.67. The molecular formula is C15H20N4O5S. The molecule has 1 aliphatic rings. The van der Waals surface area contributed by atoms with Crippen molar-refractivity contribution in [2.24, 2.45) is 5.92 Å². The normalized spacial score (nSPS) is 16.9. The van der Waals surface area contributed by atoms with Crippen molar-refractivity contribution < 1.29 is 22.3 Å². The predicted molar refractivity (Wildman–Crippen MR) is 87.3 cm³/mol. The lowest BCUT2D eigenvalue weighted by Crippen LogP contribution is -2.41. The molecule has 0 unspecified atom stereocenters. The fourth-order valence-electron chi connectivity index (χ4n) is 2.98. The molecule has 1 aliphatic heterocycles. The third kappa shape index (κ3) is 3.45. The number of anilines is 1. The fourth-order valence-corrected chi connectivity index (χ4v) is 4.74. The Morgan fingerprint density at radius 3 is 2.40 bits per heavy atom. The highest BCUT2D eigenvalue weighted by Crippen LogP contribution is 2.28. The second kappa shape index (κ2) is 6.60. The van der Waals surface area contributed by atoms with Gasteiger partial charge >= 0.3 is 0 Å². The van der Waals surface area contributed by atoms with Crippen molar-refractivity contribution in [3.05, 3.63) is 23.3 Å². The molecule has 0 atom stereocenters. The maximum absolute atomic E-state index is 12.8. The first-order chi connectivity index (χ1) is 11.8. The number of piperidine rings is 1. The lowest BCUT2D eigenvalue weighted by atomic mass is 9.97. The molecule has 0 radical (unpaired) electrons. The van der Waals surface area contributed by atoms with Gasteiger partial charge in [0.25, 0.3) is 0 Å². The topological polar surface area (TPSA) is 119 Å². The molecule has 1 amide bonds. The summed E-state index contributed by atoms with van der Waals surface area (Å²) >= 11 is 0. The number of amides is 1. The minimum Gasteiger partial charge on any atom is -0.360 e. The van der Waals surface area contributed by atoms with E-state index in [0.29, 0.717) is 30.1 Å². The average molecular weight is 368 g/mol. The molecule has 9 nitrogen and oxygen atoms in total. The third-order valence-electron chi connectivity index (χ3n) is 4.27. The largest absolute Gasteiger partial charge is 0.360 e. The number of nitrogens with zero attached hydrogens (tertiary/aromatic N) is 3. The fraction of sp³-hybridized carbons (Fsp3) is 0.533. The van der Waals surface area contributed by atoms with Crippen molar-refractivity contribution >= 4 is 21.7 Å². The number of carbonyl (C=O) groups excluding carboxylic acids is 1. The van der Waals surface area contributed by atoms with Crippen LogP contribution in [-0.4, -0.2) is 42.0 Å². The van der Waals surface area contributed by atoms with Crippen LogP contribution in [0, 0.1) is 26.7 Å². The molecule has 0 bridgehead atoms. The van der Waals surface area contributed by atoms with Crippen LogP contribution < -0.4 is 5.32 Å². The zero-order valence-electron chi connectivity index (χ0n) is 14.3. The predicted octanol–water partition coefficient (Wildman–Crippen LogP) is 1.63. The zero-order chi connectivity index (χ0) is 18.2. The molecule has 3 rings (SSSR count). The maximum Gasteiger partial charge on any atom is 0.248 e. The van der Waals surface area contributed by atoms with Crippen molar-refractivity contribution in [2.75, 3.05) is 18.4 Å². The molecule has 0 saturated carbocycles. The van der Waals surface area contributed by atoms with Gasteiger partial charge in [-0.1, -0.05) is 10.3 Å². The summed E-state index contributed by atoms with van der Waals surface area (Å²) in [6.07, 6.45) is 0.872. The van der Waals surface area contributed by atoms with Gasteiger partial charge in [0.1, 0.15) is 16.3 Å². The van der Waals surface area contributed by atoms with Crippen LogP contribution in [0.1, 0.15) is 30.1 Å². The van der Waals surface area contributed by atoms with Gasteiger partial charge in [0.05, 0.1) is 0 Å². The Kier molecular flexibility index (Phi) is 4.65. The van der Waals surface area contributed by atoms with E-state index in [4.69, 9.17) is 9.05 Å². The maximum atomic E-state index is 12.8. The zero-order valence-corrected chi connectivity index (χ0v) is 15.1. The third-order valence-corrected chi connectivity index (χ3v) is 6.41. The summed E-state index contributed by atoms with van der Waals surface area (Å²) in [5, 5.41) is 10.1. The van der Waals surface area contributed by atoms with Crippen LogP contribution in [0.15, 0.2) is 20.0 Å². The van der Waals surface area contributed by atoms with E-state index in [9.17, 15) is 13.2 Å². The summed E-state index contributed by atoms with van der Waals surface area (Å²) < 4.78 is 36.8. The van der Waals surface area contributed by atoms with Crippen molar-refractivity contribution in [1.29, 1.82) is 0 Å². The highest BCUT2D eigenvalue weighted by atomic mass is 32.2. The van der Waals surface area contributed by atoms with E-state index in [1.54, 1.807) is 26.8 Å². The van der Waals surface area contributed by atoms with Gasteiger partial charge in [0.15, 0.2) is 11.6 Å². The van der Waals surface area contributed by atoms with Gasteiger partial charge in [-0.15, -0.1) is 0 Å². The molecular weight excluding hydrogens is 348 g/mol. The van der Waals surface area contributed by atoms with Crippen LogP contribution in [0.4, 0.5) is 5.82 Å². The summed E-state index contributed by atoms with van der Waals surface area (Å²) in [5.74, 6) is 0.804. The highest BCUT2D eigenvalue weighted by molar-refractivity contribution is 7.89. The van der Waals surface area contributed by atoms with Crippen LogP contribution in [-0.2, 0) is 14.8 Å². The van der Waals surface area contributed by atoms with Crippen molar-refractivity contribution in [3.8, 4) is 0 Å². The van der Waals surface area contributed by atoms with E-state index in [-0.39, 0.29) is 35.6 Å². The Labute approximate surface area is 145 Å². The molecule has 25 heavy (non-hydrogen) atoms. The first kappa shape index (κ1) is 17.6. The number of hydrogen-bond acceptors (Lipinski definition) is 7. The summed E-state index contributed by atoms with van der Waals surface area (Å²) in [4.78, 5) is 12.4. The molecule has 0 aromatic carbocycles. The number of rotatable bonds is 4. The number of aromatic nitrogens is 2. The number of nitrogens with one attached hydrogen (secondary N) is 1. The van der Waals surface area contributed by atoms with Gasteiger partial charge in [-0.05, 0) is 33.6 Å². The lowest BCUT2D eigenvalue weighted by Gasteiger charge is -2.30. The Bertz CT molecular complexity index is 858. The van der Waals surface area contributed by atoms with Crippen molar-refractivity contribution in [2.45, 2.75) is 38.5 Å². The molecule has 2 aromatic rings. The van der Waals surface area contributed by atoms with Gasteiger partial charge in [-0.3, -0.25) is 4.79 Å². The van der Waals surface area contributed by atoms with Gasteiger partial charge in [0.2, 0.25) is 15.9 Å². The molecule has 0 aliphatic carbocycles. The average Bonchev–Trinajstić information content (AvgIpc) is 3.13. The molecule has 10 heteroatoms. The second-order valence-electron chi connectivity index (χ2n) is 6.14. The van der Waals surface area contributed by atoms with Gasteiger partial charge < -0.3 is 14.4 Å². The first-order valence-corrected chi connectivity index (χ1v) is 9.40. The van der Waals surface area contributed by atoms with E-state index < -0.39 is 10.0 Å². The molecule has 136 valence electrons. The Morgan fingerprint density at radius 2 is 1.88 bits per heavy atom. The molecule has 1 fully saturated rings. The van der Waals surface area contributed by atoms with Gasteiger partial charge in [-0.25, -0.2) is 8.42 Å². The molecule has 2 aromatic heterocycles. The summed E-state index contributed by atoms with van der Waals surface area (Å²) in [6.45, 7) is 5.45. The minimum absolute atomic E-state index is 0.119. The molecule has 3 heterocycles. The van der Waals surface area contributed by atoms with Crippen LogP contribution in [0.3, 0.4) is 0 Å². The summed E-state index contributed by atoms with van der Waals surface area (Å²) in [5.41, 5.74) is 0.346. The standard InChI is InChI=1S/C15H20N4O5S/c1-9-8-13(18-23-9)16-15(20)12-4-6-19(7-5-12)25(21,22)14-10(2)17-24-11(14)3/h8,12H,4-7H2,1-3H3,(H,16,18,20). The number of sulfonamides is 1. The van der Waals surface area contributed by atoms with Crippen molar-refractivity contribution in [3.63, 3.8) is 0 Å². The van der Waals surface area contributed by atoms with Crippen LogP contribution in [0.5, 0.6) is 0 Å². The van der Waals surface area contributed by atoms with E-state index in [2.05, 4.69) is 15.6 Å². The van der Waals surface area contributed by atoms with Crippen LogP contribution >= 0.6 is 0 Å². The van der Waals surface area contributed by atoms with E-state index in [0.717, 1.165) is 0 Å². The Hall–Kier alpha value is -2.20. The Balaban J connectivity index is 1.64. The van der Waals surface area contributed by atoms with Gasteiger partial charge in [0, 0.05) is 25.1 Å². The molecule has 1 N–H and O–H groups in total. The molecule has 1 saturated heterocycles.